The molecule has 2 aromatic carbocycles. The summed E-state index contributed by atoms with van der Waals surface area (Å²) < 4.78 is 5.47. The molecule has 0 bridgehead atoms. The lowest BCUT2D eigenvalue weighted by Crippen LogP contribution is -2.30. The van der Waals surface area contributed by atoms with Gasteiger partial charge in [-0.15, -0.1) is 0 Å². The van der Waals surface area contributed by atoms with Gasteiger partial charge in [0.2, 0.25) is 0 Å². The van der Waals surface area contributed by atoms with E-state index in [2.05, 4.69) is 0 Å². The van der Waals surface area contributed by atoms with E-state index in [4.69, 9.17) is 27.9 Å². The second kappa shape index (κ2) is 9.62. The minimum absolute atomic E-state index is 0.0485. The normalized spacial score (nSPS) is 17.9. The predicted octanol–water partition coefficient (Wildman–Crippen LogP) is 5.32. The molecule has 1 atom stereocenters. The van der Waals surface area contributed by atoms with E-state index in [0.717, 1.165) is 6.42 Å². The summed E-state index contributed by atoms with van der Waals surface area (Å²) in [5, 5.41) is 21.6. The molecular formula is C23H23Cl2NO5. The quantitative estimate of drug-likeness (QED) is 0.329. The summed E-state index contributed by atoms with van der Waals surface area (Å²) in [6, 6.07) is 8.28. The third-order valence-corrected chi connectivity index (χ3v) is 5.82. The molecule has 8 heteroatoms. The Labute approximate surface area is 190 Å². The van der Waals surface area contributed by atoms with Crippen molar-refractivity contribution in [2.75, 3.05) is 13.2 Å². The van der Waals surface area contributed by atoms with Gasteiger partial charge >= 0.3 is 0 Å². The fourth-order valence-electron chi connectivity index (χ4n) is 3.56. The maximum Gasteiger partial charge on any atom is 0.295 e. The van der Waals surface area contributed by atoms with Crippen LogP contribution in [0.1, 0.15) is 43.9 Å². The number of aromatic hydroxyl groups is 1. The van der Waals surface area contributed by atoms with Crippen LogP contribution in [0, 0.1) is 0 Å². The number of ketones is 1. The number of hydrogen-bond acceptors (Lipinski definition) is 5. The van der Waals surface area contributed by atoms with Crippen LogP contribution in [-0.4, -0.2) is 40.0 Å². The number of aliphatic hydroxyl groups excluding tert-OH is 1. The molecule has 2 N–H and O–H groups in total. The van der Waals surface area contributed by atoms with Gasteiger partial charge in [-0.05, 0) is 49.2 Å². The zero-order valence-electron chi connectivity index (χ0n) is 17.2. The number of nitrogens with zero attached hydrogens (tertiary/aromatic N) is 1. The topological polar surface area (TPSA) is 87.1 Å². The summed E-state index contributed by atoms with van der Waals surface area (Å²) in [5.74, 6) is -1.63. The van der Waals surface area contributed by atoms with Gasteiger partial charge in [-0.3, -0.25) is 9.59 Å². The summed E-state index contributed by atoms with van der Waals surface area (Å²) >= 11 is 12.0. The molecule has 31 heavy (non-hydrogen) atoms. The van der Waals surface area contributed by atoms with E-state index in [1.54, 1.807) is 19.1 Å². The first-order chi connectivity index (χ1) is 14.8. The number of amides is 1. The van der Waals surface area contributed by atoms with Gasteiger partial charge in [0.05, 0.1) is 28.3 Å². The first kappa shape index (κ1) is 23.0. The highest BCUT2D eigenvalue weighted by atomic mass is 35.5. The number of likely N-dealkylation sites (tertiary alicyclic amines) is 1. The molecule has 6 nitrogen and oxygen atoms in total. The summed E-state index contributed by atoms with van der Waals surface area (Å²) in [6.45, 7) is 4.43. The number of halogens is 2. The molecular weight excluding hydrogens is 441 g/mol. The molecule has 0 aromatic heterocycles. The smallest absolute Gasteiger partial charge is 0.295 e. The van der Waals surface area contributed by atoms with Gasteiger partial charge in [0, 0.05) is 12.1 Å². The van der Waals surface area contributed by atoms with E-state index in [-0.39, 0.29) is 33.4 Å². The van der Waals surface area contributed by atoms with Gasteiger partial charge in [-0.1, -0.05) is 42.6 Å². The van der Waals surface area contributed by atoms with Gasteiger partial charge in [-0.2, -0.15) is 0 Å². The van der Waals surface area contributed by atoms with Crippen LogP contribution in [0.5, 0.6) is 11.5 Å². The van der Waals surface area contributed by atoms with Crippen LogP contribution >= 0.6 is 23.2 Å². The third-order valence-electron chi connectivity index (χ3n) is 5.09. The highest BCUT2D eigenvalue weighted by molar-refractivity contribution is 6.46. The highest BCUT2D eigenvalue weighted by Gasteiger charge is 2.46. The van der Waals surface area contributed by atoms with Crippen molar-refractivity contribution in [2.24, 2.45) is 0 Å². The molecule has 2 aromatic rings. The molecule has 3 rings (SSSR count). The number of benzene rings is 2. The number of hydrogen-bond donors (Lipinski definition) is 2. The third kappa shape index (κ3) is 4.50. The van der Waals surface area contributed by atoms with Crippen molar-refractivity contribution in [3.63, 3.8) is 0 Å². The Morgan fingerprint density at radius 3 is 2.48 bits per heavy atom. The Morgan fingerprint density at radius 2 is 1.84 bits per heavy atom. The molecule has 1 unspecified atom stereocenters. The van der Waals surface area contributed by atoms with Crippen molar-refractivity contribution in [3.05, 3.63) is 63.1 Å². The number of ether oxygens (including phenoxy) is 1. The Kier molecular flexibility index (Phi) is 7.13. The van der Waals surface area contributed by atoms with Crippen LogP contribution in [0.25, 0.3) is 5.76 Å². The van der Waals surface area contributed by atoms with Crippen molar-refractivity contribution < 1.29 is 24.5 Å². The van der Waals surface area contributed by atoms with E-state index < -0.39 is 17.7 Å². The second-order valence-corrected chi connectivity index (χ2v) is 7.95. The lowest BCUT2D eigenvalue weighted by Gasteiger charge is -2.25. The molecule has 0 saturated carbocycles. The number of rotatable bonds is 7. The van der Waals surface area contributed by atoms with Crippen LogP contribution in [-0.2, 0) is 9.59 Å². The Hall–Kier alpha value is -2.70. The lowest BCUT2D eigenvalue weighted by molar-refractivity contribution is -0.139. The Morgan fingerprint density at radius 1 is 1.10 bits per heavy atom. The monoisotopic (exact) mass is 463 g/mol. The minimum atomic E-state index is -0.833. The highest BCUT2D eigenvalue weighted by Crippen LogP contribution is 2.42. The number of aliphatic hydroxyl groups is 1. The maximum absolute atomic E-state index is 13.0. The van der Waals surface area contributed by atoms with E-state index in [1.807, 2.05) is 6.92 Å². The fourth-order valence-corrected chi connectivity index (χ4v) is 3.85. The largest absolute Gasteiger partial charge is 0.507 e. The van der Waals surface area contributed by atoms with Crippen LogP contribution < -0.4 is 4.74 Å². The number of phenols is 1. The summed E-state index contributed by atoms with van der Waals surface area (Å²) in [7, 11) is 0. The SMILES string of the molecule is CCCCN1C(=O)C(=O)/C(=C(\O)c2ccc(Cl)c(Cl)c2)C1c1ccc(O)c(OCC)c1. The van der Waals surface area contributed by atoms with Crippen molar-refractivity contribution in [1.29, 1.82) is 0 Å². The van der Waals surface area contributed by atoms with Gasteiger partial charge in [0.15, 0.2) is 11.5 Å². The standard InChI is InChI=1S/C23H23Cl2NO5/c1-3-5-10-26-20(13-7-9-17(27)18(12-13)31-4-2)19(22(29)23(26)30)21(28)14-6-8-15(24)16(25)11-14/h6-9,11-12,20,27-28H,3-5,10H2,1-2H3/b21-19-. The van der Waals surface area contributed by atoms with E-state index >= 15 is 0 Å². The molecule has 164 valence electrons. The molecule has 1 heterocycles. The van der Waals surface area contributed by atoms with E-state index in [9.17, 15) is 19.8 Å². The van der Waals surface area contributed by atoms with Crippen LogP contribution in [0.3, 0.4) is 0 Å². The first-order valence-electron chi connectivity index (χ1n) is 9.99. The average Bonchev–Trinajstić information content (AvgIpc) is 3.00. The zero-order chi connectivity index (χ0) is 22.7. The van der Waals surface area contributed by atoms with Crippen LogP contribution in [0.2, 0.25) is 10.0 Å². The minimum Gasteiger partial charge on any atom is -0.507 e. The summed E-state index contributed by atoms with van der Waals surface area (Å²) in [6.07, 6.45) is 1.51. The molecule has 1 aliphatic heterocycles. The van der Waals surface area contributed by atoms with E-state index in [0.29, 0.717) is 30.2 Å². The van der Waals surface area contributed by atoms with Gasteiger partial charge < -0.3 is 19.8 Å². The molecule has 0 spiro atoms. The van der Waals surface area contributed by atoms with Crippen molar-refractivity contribution in [3.8, 4) is 11.5 Å². The van der Waals surface area contributed by atoms with Crippen molar-refractivity contribution in [1.82, 2.24) is 4.90 Å². The number of phenolic OH excluding ortho intramolecular Hbond substituents is 1. The predicted molar refractivity (Wildman–Crippen MR) is 120 cm³/mol. The number of unbranched alkanes of at least 4 members (excludes halogenated alkanes) is 1. The average molecular weight is 464 g/mol. The fraction of sp³-hybridized carbons (Fsp3) is 0.304. The lowest BCUT2D eigenvalue weighted by atomic mass is 9.95. The maximum atomic E-state index is 13.0. The van der Waals surface area contributed by atoms with Gasteiger partial charge in [0.1, 0.15) is 5.76 Å². The number of Topliss-reactive ketones (excluding diaryl/α,β-unsaturated/α-hetero) is 1. The Balaban J connectivity index is 2.19. The van der Waals surface area contributed by atoms with Crippen molar-refractivity contribution >= 4 is 40.7 Å². The molecule has 1 aliphatic rings. The number of carbonyl (C=O) groups excluding carboxylic acids is 2. The Bertz CT molecular complexity index is 1050. The second-order valence-electron chi connectivity index (χ2n) is 7.14. The summed E-state index contributed by atoms with van der Waals surface area (Å²) in [5.41, 5.74) is 0.766. The van der Waals surface area contributed by atoms with Gasteiger partial charge in [0.25, 0.3) is 11.7 Å². The summed E-state index contributed by atoms with van der Waals surface area (Å²) in [4.78, 5) is 27.2. The van der Waals surface area contributed by atoms with Crippen molar-refractivity contribution in [2.45, 2.75) is 32.7 Å². The van der Waals surface area contributed by atoms with Crippen LogP contribution in [0.4, 0.5) is 0 Å². The molecule has 1 saturated heterocycles. The molecule has 1 fully saturated rings. The number of carbonyl (C=O) groups is 2. The van der Waals surface area contributed by atoms with E-state index in [1.165, 1.54) is 29.2 Å². The molecule has 0 aliphatic carbocycles. The molecule has 1 amide bonds. The van der Waals surface area contributed by atoms with Crippen LogP contribution in [0.15, 0.2) is 42.0 Å². The first-order valence-corrected chi connectivity index (χ1v) is 10.7. The zero-order valence-corrected chi connectivity index (χ0v) is 18.7. The van der Waals surface area contributed by atoms with Gasteiger partial charge in [-0.25, -0.2) is 0 Å². The molecule has 0 radical (unpaired) electrons.